The molecule has 1 aromatic carbocycles. The summed E-state index contributed by atoms with van der Waals surface area (Å²) >= 11 is 6.40. The van der Waals surface area contributed by atoms with Crippen LogP contribution in [0.4, 0.5) is 0 Å². The molecule has 1 saturated carbocycles. The van der Waals surface area contributed by atoms with Crippen molar-refractivity contribution in [3.63, 3.8) is 0 Å². The summed E-state index contributed by atoms with van der Waals surface area (Å²) in [4.78, 5) is 4.67. The molecular formula is C21H31ClN2O3S. The number of nitrogens with zero attached hydrogens (tertiary/aromatic N) is 2. The van der Waals surface area contributed by atoms with E-state index >= 15 is 0 Å². The number of piperazine rings is 1. The third-order valence-electron chi connectivity index (χ3n) is 6.75. The summed E-state index contributed by atoms with van der Waals surface area (Å²) in [6, 6.07) is 4.04. The van der Waals surface area contributed by atoms with Gasteiger partial charge in [0.25, 0.3) is 0 Å². The zero-order valence-electron chi connectivity index (χ0n) is 16.4. The van der Waals surface area contributed by atoms with Gasteiger partial charge in [-0.15, -0.1) is 0 Å². The van der Waals surface area contributed by atoms with E-state index in [1.54, 1.807) is 0 Å². The van der Waals surface area contributed by atoms with Crippen LogP contribution >= 0.6 is 11.6 Å². The molecule has 0 aromatic heterocycles. The van der Waals surface area contributed by atoms with Crippen molar-refractivity contribution >= 4 is 21.4 Å². The van der Waals surface area contributed by atoms with Crippen LogP contribution in [0, 0.1) is 0 Å². The number of hydrogen-bond donors (Lipinski definition) is 1. The molecule has 1 N–H and O–H groups in total. The Labute approximate surface area is 173 Å². The first-order chi connectivity index (χ1) is 13.4. The van der Waals surface area contributed by atoms with Gasteiger partial charge in [0.2, 0.25) is 0 Å². The standard InChI is InChI=1S/C21H31ClN2O3S/c22-18-12-17(21(25)20(13-18)16-4-2-1-3-5-16)14-23-7-9-24(10-8-23)19-6-11-28(26,27)15-19/h12-13,16,19,25H,1-11,14-15H2/t19-/m0/s1. The number of aromatic hydroxyl groups is 1. The van der Waals surface area contributed by atoms with Gasteiger partial charge in [-0.3, -0.25) is 9.80 Å². The van der Waals surface area contributed by atoms with E-state index in [2.05, 4.69) is 9.80 Å². The minimum absolute atomic E-state index is 0.185. The highest BCUT2D eigenvalue weighted by atomic mass is 35.5. The molecule has 2 aliphatic heterocycles. The Morgan fingerprint density at radius 3 is 2.39 bits per heavy atom. The fraction of sp³-hybridized carbons (Fsp3) is 0.714. The quantitative estimate of drug-likeness (QED) is 0.799. The summed E-state index contributed by atoms with van der Waals surface area (Å²) in [5.41, 5.74) is 1.95. The lowest BCUT2D eigenvalue weighted by molar-refractivity contribution is 0.0995. The van der Waals surface area contributed by atoms with E-state index in [4.69, 9.17) is 11.6 Å². The molecule has 0 unspecified atom stereocenters. The van der Waals surface area contributed by atoms with Crippen molar-refractivity contribution in [2.45, 2.75) is 57.0 Å². The predicted octanol–water partition coefficient (Wildman–Crippen LogP) is 3.40. The molecular weight excluding hydrogens is 396 g/mol. The van der Waals surface area contributed by atoms with Crippen LogP contribution in [0.15, 0.2) is 12.1 Å². The van der Waals surface area contributed by atoms with Crippen molar-refractivity contribution in [2.75, 3.05) is 37.7 Å². The Balaban J connectivity index is 1.39. The first-order valence-corrected chi connectivity index (χ1v) is 12.8. The maximum absolute atomic E-state index is 11.7. The molecule has 3 fully saturated rings. The minimum atomic E-state index is -2.84. The molecule has 0 amide bonds. The molecule has 28 heavy (non-hydrogen) atoms. The highest BCUT2D eigenvalue weighted by Gasteiger charge is 2.33. The van der Waals surface area contributed by atoms with E-state index in [1.165, 1.54) is 19.3 Å². The van der Waals surface area contributed by atoms with Crippen LogP contribution in [0.2, 0.25) is 5.02 Å². The smallest absolute Gasteiger partial charge is 0.151 e. The molecule has 0 radical (unpaired) electrons. The Hall–Kier alpha value is -0.820. The van der Waals surface area contributed by atoms with Gasteiger partial charge in [-0.05, 0) is 42.9 Å². The second kappa shape index (κ2) is 8.50. The van der Waals surface area contributed by atoms with Gasteiger partial charge in [0.15, 0.2) is 9.84 Å². The van der Waals surface area contributed by atoms with Crippen molar-refractivity contribution in [3.8, 4) is 5.75 Å². The van der Waals surface area contributed by atoms with Gasteiger partial charge in [-0.2, -0.15) is 0 Å². The summed E-state index contributed by atoms with van der Waals surface area (Å²) in [6.07, 6.45) is 6.78. The Bertz CT molecular complexity index is 800. The Kier molecular flexibility index (Phi) is 6.21. The minimum Gasteiger partial charge on any atom is -0.507 e. The zero-order chi connectivity index (χ0) is 19.7. The average Bonchev–Trinajstić information content (AvgIpc) is 3.05. The van der Waals surface area contributed by atoms with Crippen molar-refractivity contribution in [3.05, 3.63) is 28.3 Å². The number of rotatable bonds is 4. The van der Waals surface area contributed by atoms with E-state index in [0.29, 0.717) is 34.7 Å². The van der Waals surface area contributed by atoms with Gasteiger partial charge in [-0.25, -0.2) is 8.42 Å². The first-order valence-electron chi connectivity index (χ1n) is 10.6. The predicted molar refractivity (Wildman–Crippen MR) is 113 cm³/mol. The van der Waals surface area contributed by atoms with E-state index in [0.717, 1.165) is 56.6 Å². The van der Waals surface area contributed by atoms with Crippen LogP contribution in [0.1, 0.15) is 55.6 Å². The number of hydrogen-bond acceptors (Lipinski definition) is 5. The van der Waals surface area contributed by atoms with Crippen LogP contribution in [-0.2, 0) is 16.4 Å². The van der Waals surface area contributed by atoms with Crippen LogP contribution in [0.3, 0.4) is 0 Å². The monoisotopic (exact) mass is 426 g/mol. The average molecular weight is 427 g/mol. The largest absolute Gasteiger partial charge is 0.507 e. The molecule has 3 aliphatic rings. The highest BCUT2D eigenvalue weighted by molar-refractivity contribution is 7.91. The Morgan fingerprint density at radius 2 is 1.75 bits per heavy atom. The normalized spacial score (nSPS) is 27.2. The third kappa shape index (κ3) is 4.66. The summed E-state index contributed by atoms with van der Waals surface area (Å²) in [5.74, 6) is 1.50. The molecule has 7 heteroatoms. The lowest BCUT2D eigenvalue weighted by atomic mass is 9.83. The van der Waals surface area contributed by atoms with E-state index in [9.17, 15) is 13.5 Å². The highest BCUT2D eigenvalue weighted by Crippen LogP contribution is 2.40. The van der Waals surface area contributed by atoms with Gasteiger partial charge in [0.1, 0.15) is 5.75 Å². The second-order valence-corrected chi connectivity index (χ2v) is 11.4. The van der Waals surface area contributed by atoms with E-state index in [1.807, 2.05) is 12.1 Å². The molecule has 1 atom stereocenters. The number of sulfone groups is 1. The molecule has 0 spiro atoms. The van der Waals surface area contributed by atoms with Crippen LogP contribution in [0.25, 0.3) is 0 Å². The summed E-state index contributed by atoms with van der Waals surface area (Å²) in [5, 5.41) is 11.6. The second-order valence-electron chi connectivity index (χ2n) is 8.71. The lowest BCUT2D eigenvalue weighted by Gasteiger charge is -2.37. The van der Waals surface area contributed by atoms with Crippen molar-refractivity contribution in [1.82, 2.24) is 9.80 Å². The SMILES string of the molecule is O=S1(=O)CC[C@H](N2CCN(Cc3cc(Cl)cc(C4CCCCC4)c3O)CC2)C1. The van der Waals surface area contributed by atoms with Gasteiger partial charge in [-0.1, -0.05) is 30.9 Å². The van der Waals surface area contributed by atoms with Gasteiger partial charge in [0, 0.05) is 49.4 Å². The molecule has 5 nitrogen and oxygen atoms in total. The molecule has 2 heterocycles. The fourth-order valence-electron chi connectivity index (χ4n) is 5.11. The maximum atomic E-state index is 11.7. The molecule has 2 saturated heterocycles. The van der Waals surface area contributed by atoms with Gasteiger partial charge < -0.3 is 5.11 Å². The Morgan fingerprint density at radius 1 is 1.04 bits per heavy atom. The van der Waals surface area contributed by atoms with Crippen molar-refractivity contribution in [2.24, 2.45) is 0 Å². The maximum Gasteiger partial charge on any atom is 0.151 e. The number of phenols is 1. The number of phenolic OH excluding ortho intramolecular Hbond substituents is 1. The van der Waals surface area contributed by atoms with Crippen LogP contribution in [-0.4, -0.2) is 67.1 Å². The lowest BCUT2D eigenvalue weighted by Crippen LogP contribution is -2.50. The fourth-order valence-corrected chi connectivity index (χ4v) is 7.13. The molecule has 4 rings (SSSR count). The third-order valence-corrected chi connectivity index (χ3v) is 8.72. The van der Waals surface area contributed by atoms with Crippen molar-refractivity contribution < 1.29 is 13.5 Å². The first kappa shape index (κ1) is 20.5. The molecule has 1 aromatic rings. The molecule has 1 aliphatic carbocycles. The number of halogens is 1. The summed E-state index contributed by atoms with van der Waals surface area (Å²) in [7, 11) is -2.84. The van der Waals surface area contributed by atoms with Crippen LogP contribution < -0.4 is 0 Å². The zero-order valence-corrected chi connectivity index (χ0v) is 18.0. The van der Waals surface area contributed by atoms with E-state index < -0.39 is 9.84 Å². The van der Waals surface area contributed by atoms with Crippen LogP contribution in [0.5, 0.6) is 5.75 Å². The summed E-state index contributed by atoms with van der Waals surface area (Å²) in [6.45, 7) is 4.25. The molecule has 156 valence electrons. The van der Waals surface area contributed by atoms with E-state index in [-0.39, 0.29) is 6.04 Å². The number of benzene rings is 1. The topological polar surface area (TPSA) is 60.9 Å². The molecule has 0 bridgehead atoms. The summed E-state index contributed by atoms with van der Waals surface area (Å²) < 4.78 is 23.5. The van der Waals surface area contributed by atoms with Crippen molar-refractivity contribution in [1.29, 1.82) is 0 Å². The van der Waals surface area contributed by atoms with Gasteiger partial charge in [0.05, 0.1) is 11.5 Å². The van der Waals surface area contributed by atoms with Gasteiger partial charge >= 0.3 is 0 Å².